The summed E-state index contributed by atoms with van der Waals surface area (Å²) >= 11 is 0.944. The fourth-order valence-corrected chi connectivity index (χ4v) is 3.62. The molecule has 0 saturated heterocycles. The highest BCUT2D eigenvalue weighted by molar-refractivity contribution is 8.13. The second-order valence-corrected chi connectivity index (χ2v) is 7.47. The van der Waals surface area contributed by atoms with E-state index in [1.807, 2.05) is 6.07 Å². The summed E-state index contributed by atoms with van der Waals surface area (Å²) in [5, 5.41) is 2.30. The van der Waals surface area contributed by atoms with Crippen LogP contribution in [-0.4, -0.2) is 41.7 Å². The number of nitrogens with one attached hydrogen (secondary N) is 1. The maximum Gasteiger partial charge on any atom is 0.329 e. The van der Waals surface area contributed by atoms with E-state index >= 15 is 0 Å². The Balaban J connectivity index is 2.08. The molecule has 0 aliphatic rings. The first kappa shape index (κ1) is 22.4. The summed E-state index contributed by atoms with van der Waals surface area (Å²) < 4.78 is 4.66. The first-order valence-corrected chi connectivity index (χ1v) is 10.0. The van der Waals surface area contributed by atoms with E-state index in [1.54, 1.807) is 55.5 Å². The van der Waals surface area contributed by atoms with Gasteiger partial charge in [-0.1, -0.05) is 67.2 Å². The van der Waals surface area contributed by atoms with Crippen molar-refractivity contribution in [2.24, 2.45) is 0 Å². The van der Waals surface area contributed by atoms with E-state index in [-0.39, 0.29) is 22.6 Å². The second-order valence-electron chi connectivity index (χ2n) is 6.45. The molecule has 0 saturated carbocycles. The monoisotopic (exact) mass is 413 g/mol. The molecule has 2 aromatic rings. The number of thioether (sulfide) groups is 1. The van der Waals surface area contributed by atoms with Crippen LogP contribution in [0.5, 0.6) is 0 Å². The quantitative estimate of drug-likeness (QED) is 0.529. The predicted octanol–water partition coefficient (Wildman–Crippen LogP) is 2.96. The number of carbonyl (C=O) groups excluding carboxylic acids is 4. The van der Waals surface area contributed by atoms with Gasteiger partial charge in [-0.05, 0) is 11.6 Å². The van der Waals surface area contributed by atoms with Gasteiger partial charge in [-0.25, -0.2) is 4.79 Å². The molecule has 0 fully saturated rings. The lowest BCUT2D eigenvalue weighted by Gasteiger charge is -2.16. The molecule has 1 N–H and O–H groups in total. The fourth-order valence-electron chi connectivity index (χ4n) is 2.69. The Hall–Kier alpha value is -2.93. The molecule has 0 aliphatic carbocycles. The summed E-state index contributed by atoms with van der Waals surface area (Å²) in [6.07, 6.45) is 0. The van der Waals surface area contributed by atoms with Crippen LogP contribution in [0.4, 0.5) is 0 Å². The number of methoxy groups -OCH3 is 1. The van der Waals surface area contributed by atoms with Gasteiger partial charge < -0.3 is 10.1 Å². The van der Waals surface area contributed by atoms with E-state index in [1.165, 1.54) is 14.0 Å². The van der Waals surface area contributed by atoms with Gasteiger partial charge in [-0.15, -0.1) is 0 Å². The van der Waals surface area contributed by atoms with Crippen molar-refractivity contribution < 1.29 is 23.9 Å². The Morgan fingerprint density at radius 2 is 1.66 bits per heavy atom. The van der Waals surface area contributed by atoms with Crippen molar-refractivity contribution in [3.8, 4) is 0 Å². The van der Waals surface area contributed by atoms with Crippen molar-refractivity contribution >= 4 is 34.5 Å². The Kier molecular flexibility index (Phi) is 8.15. The van der Waals surface area contributed by atoms with Crippen molar-refractivity contribution in [2.45, 2.75) is 25.8 Å². The highest BCUT2D eigenvalue weighted by Crippen LogP contribution is 2.24. The molecule has 1 amide bonds. The number of esters is 1. The van der Waals surface area contributed by atoms with E-state index < -0.39 is 17.9 Å². The molecule has 0 aliphatic heterocycles. The van der Waals surface area contributed by atoms with E-state index in [0.29, 0.717) is 16.7 Å². The van der Waals surface area contributed by atoms with Gasteiger partial charge in [0.05, 0.1) is 13.0 Å². The summed E-state index contributed by atoms with van der Waals surface area (Å²) in [5.74, 6) is -1.52. The number of hydrogen-bond acceptors (Lipinski definition) is 6. The molecule has 0 bridgehead atoms. The molecule has 152 valence electrons. The van der Waals surface area contributed by atoms with Crippen LogP contribution >= 0.6 is 11.8 Å². The molecule has 6 nitrogen and oxygen atoms in total. The van der Waals surface area contributed by atoms with Gasteiger partial charge in [-0.2, -0.15) is 0 Å². The summed E-state index contributed by atoms with van der Waals surface area (Å²) in [6.45, 7) is 3.04. The molecule has 0 heterocycles. The zero-order valence-corrected chi connectivity index (χ0v) is 17.3. The zero-order chi connectivity index (χ0) is 21.4. The number of hydrogen-bond donors (Lipinski definition) is 1. The number of benzene rings is 2. The van der Waals surface area contributed by atoms with Gasteiger partial charge >= 0.3 is 5.97 Å². The Labute approximate surface area is 174 Å². The van der Waals surface area contributed by atoms with Crippen LogP contribution in [-0.2, 0) is 19.1 Å². The van der Waals surface area contributed by atoms with Crippen LogP contribution in [0.1, 0.15) is 41.3 Å². The fraction of sp³-hybridized carbons (Fsp3) is 0.273. The lowest BCUT2D eigenvalue weighted by atomic mass is 9.96. The number of carbonyl (C=O) groups is 4. The van der Waals surface area contributed by atoms with Gasteiger partial charge in [0.25, 0.3) is 0 Å². The highest BCUT2D eigenvalue weighted by Gasteiger charge is 2.24. The molecule has 0 aromatic heterocycles. The van der Waals surface area contributed by atoms with Gasteiger partial charge in [0.2, 0.25) is 5.91 Å². The average Bonchev–Trinajstić information content (AvgIpc) is 2.75. The van der Waals surface area contributed by atoms with E-state index in [4.69, 9.17) is 0 Å². The van der Waals surface area contributed by atoms with E-state index in [0.717, 1.165) is 11.8 Å². The molecular weight excluding hydrogens is 390 g/mol. The van der Waals surface area contributed by atoms with Gasteiger partial charge in [0.15, 0.2) is 10.9 Å². The maximum absolute atomic E-state index is 12.6. The molecular formula is C22H23NO5S. The van der Waals surface area contributed by atoms with Gasteiger partial charge in [-0.3, -0.25) is 14.4 Å². The molecule has 29 heavy (non-hydrogen) atoms. The first-order chi connectivity index (χ1) is 13.8. The normalized spacial score (nSPS) is 12.5. The number of amides is 1. The standard InChI is InChI=1S/C22H23NO5S/c1-14(22(27)29-13-19(21(26)28-3)23-15(2)24)17-10-7-11-18(12-17)20(25)16-8-5-4-6-9-16/h4-12,14,19H,13H2,1-3H3,(H,23,24)/t14-,19+/m0/s1. The topological polar surface area (TPSA) is 89.5 Å². The molecule has 0 radical (unpaired) electrons. The van der Waals surface area contributed by atoms with Crippen molar-refractivity contribution in [1.29, 1.82) is 0 Å². The zero-order valence-electron chi connectivity index (χ0n) is 16.5. The minimum atomic E-state index is -0.898. The second kappa shape index (κ2) is 10.6. The Morgan fingerprint density at radius 3 is 2.28 bits per heavy atom. The van der Waals surface area contributed by atoms with Crippen LogP contribution in [0.2, 0.25) is 0 Å². The third-order valence-corrected chi connectivity index (χ3v) is 5.43. The molecule has 0 unspecified atom stereocenters. The summed E-state index contributed by atoms with van der Waals surface area (Å²) in [5.41, 5.74) is 1.79. The molecule has 2 rings (SSSR count). The minimum Gasteiger partial charge on any atom is -0.467 e. The summed E-state index contributed by atoms with van der Waals surface area (Å²) in [7, 11) is 1.22. The van der Waals surface area contributed by atoms with Crippen LogP contribution < -0.4 is 5.32 Å². The van der Waals surface area contributed by atoms with Gasteiger partial charge in [0, 0.05) is 23.8 Å². The Bertz CT molecular complexity index is 897. The van der Waals surface area contributed by atoms with Gasteiger partial charge in [0.1, 0.15) is 6.04 Å². The largest absolute Gasteiger partial charge is 0.467 e. The molecule has 0 spiro atoms. The molecule has 2 aromatic carbocycles. The predicted molar refractivity (Wildman–Crippen MR) is 112 cm³/mol. The van der Waals surface area contributed by atoms with Crippen LogP contribution in [0.25, 0.3) is 0 Å². The first-order valence-electron chi connectivity index (χ1n) is 9.04. The highest BCUT2D eigenvalue weighted by atomic mass is 32.2. The Morgan fingerprint density at radius 1 is 1.00 bits per heavy atom. The molecule has 2 atom stereocenters. The smallest absolute Gasteiger partial charge is 0.329 e. The molecule has 7 heteroatoms. The van der Waals surface area contributed by atoms with Crippen molar-refractivity contribution in [1.82, 2.24) is 5.32 Å². The third-order valence-electron chi connectivity index (χ3n) is 4.29. The average molecular weight is 413 g/mol. The number of rotatable bonds is 8. The van der Waals surface area contributed by atoms with Crippen LogP contribution in [0.3, 0.4) is 0 Å². The number of ketones is 1. The number of ether oxygens (including phenoxy) is 1. The van der Waals surface area contributed by atoms with Crippen molar-refractivity contribution in [3.63, 3.8) is 0 Å². The minimum absolute atomic E-state index is 0.0675. The summed E-state index contributed by atoms with van der Waals surface area (Å²) in [6, 6.07) is 15.0. The third kappa shape index (κ3) is 6.29. The van der Waals surface area contributed by atoms with E-state index in [2.05, 4.69) is 10.1 Å². The lowest BCUT2D eigenvalue weighted by molar-refractivity contribution is -0.144. The van der Waals surface area contributed by atoms with Crippen LogP contribution in [0, 0.1) is 0 Å². The van der Waals surface area contributed by atoms with Crippen molar-refractivity contribution in [3.05, 3.63) is 71.3 Å². The SMILES string of the molecule is COC(=O)[C@@H](CSC(=O)[C@@H](C)c1cccc(C(=O)c2ccccc2)c1)NC(C)=O. The van der Waals surface area contributed by atoms with E-state index in [9.17, 15) is 19.2 Å². The lowest BCUT2D eigenvalue weighted by Crippen LogP contribution is -2.42. The maximum atomic E-state index is 12.6. The van der Waals surface area contributed by atoms with Crippen molar-refractivity contribution in [2.75, 3.05) is 12.9 Å². The summed E-state index contributed by atoms with van der Waals surface area (Å²) in [4.78, 5) is 48.2. The van der Waals surface area contributed by atoms with Crippen LogP contribution in [0.15, 0.2) is 54.6 Å².